The Morgan fingerprint density at radius 2 is 1.83 bits per heavy atom. The van der Waals surface area contributed by atoms with Crippen LogP contribution < -0.4 is 14.9 Å². The molecule has 302 valence electrons. The van der Waals surface area contributed by atoms with E-state index in [1.54, 1.807) is 23.9 Å². The first-order valence-electron chi connectivity index (χ1n) is 19.2. The Kier molecular flexibility index (Phi) is 13.0. The van der Waals surface area contributed by atoms with Crippen molar-refractivity contribution in [3.63, 3.8) is 0 Å². The topological polar surface area (TPSA) is 141 Å². The third-order valence-corrected chi connectivity index (χ3v) is 13.4. The fourth-order valence-electron chi connectivity index (χ4n) is 7.58. The molecule has 1 amide bonds. The first kappa shape index (κ1) is 41.2. The largest absolute Gasteiger partial charge is 0.376 e. The van der Waals surface area contributed by atoms with Gasteiger partial charge in [-0.2, -0.15) is 0 Å². The van der Waals surface area contributed by atoms with Crippen LogP contribution in [0.15, 0.2) is 119 Å². The molecule has 4 aromatic carbocycles. The molecule has 5 aromatic rings. The number of halogens is 1. The summed E-state index contributed by atoms with van der Waals surface area (Å²) < 4.78 is 29.2. The highest BCUT2D eigenvalue weighted by Gasteiger charge is 2.33. The number of nitrogens with one attached hydrogen (secondary N) is 2. The maximum atomic E-state index is 13.5. The number of nitro groups is 1. The number of hydrogen-bond donors (Lipinski definition) is 2. The number of rotatable bonds is 15. The Morgan fingerprint density at radius 1 is 1.03 bits per heavy atom. The van der Waals surface area contributed by atoms with E-state index < -0.39 is 20.9 Å². The van der Waals surface area contributed by atoms with Crippen molar-refractivity contribution >= 4 is 56.4 Å². The SMILES string of the molecule is CN(C)CC[C@H](CSc1ccccc1)Nc1ccc(S(=O)(=O)NC(=O)c2ccc3c(c2)CC[C@@H]2CN(Cc4ccncc4-c4ccc(Cl)cc4)CCN32)cc1[N+](=O)[O-]. The van der Waals surface area contributed by atoms with Crippen LogP contribution in [-0.4, -0.2) is 92.1 Å². The number of carbonyl (C=O) groups is 1. The first-order valence-corrected chi connectivity index (χ1v) is 22.0. The van der Waals surface area contributed by atoms with E-state index in [-0.39, 0.29) is 27.9 Å². The van der Waals surface area contributed by atoms with Gasteiger partial charge in [0.2, 0.25) is 0 Å². The summed E-state index contributed by atoms with van der Waals surface area (Å²) in [6, 6.07) is 28.9. The molecule has 7 rings (SSSR count). The van der Waals surface area contributed by atoms with Gasteiger partial charge in [0.25, 0.3) is 21.6 Å². The highest BCUT2D eigenvalue weighted by Crippen LogP contribution is 2.35. The molecule has 3 heterocycles. The normalized spacial score (nSPS) is 16.0. The second-order valence-corrected chi connectivity index (χ2v) is 18.1. The number of fused-ring (bicyclic) bond motifs is 3. The minimum absolute atomic E-state index is 0.141. The molecule has 0 spiro atoms. The fourth-order valence-corrected chi connectivity index (χ4v) is 9.70. The molecule has 2 aliphatic heterocycles. The van der Waals surface area contributed by atoms with Crippen molar-refractivity contribution in [1.82, 2.24) is 19.5 Å². The number of benzene rings is 4. The number of amides is 1. The fraction of sp³-hybridized carbons (Fsp3) is 0.302. The smallest absolute Gasteiger partial charge is 0.293 e. The molecule has 0 bridgehead atoms. The molecular formula is C43H46ClN7O5S2. The van der Waals surface area contributed by atoms with Gasteiger partial charge in [-0.1, -0.05) is 41.9 Å². The Labute approximate surface area is 348 Å². The zero-order valence-electron chi connectivity index (χ0n) is 32.4. The molecule has 1 fully saturated rings. The second-order valence-electron chi connectivity index (χ2n) is 14.9. The summed E-state index contributed by atoms with van der Waals surface area (Å²) in [5.74, 6) is -0.156. The highest BCUT2D eigenvalue weighted by molar-refractivity contribution is 7.99. The van der Waals surface area contributed by atoms with Crippen molar-refractivity contribution in [2.24, 2.45) is 0 Å². The summed E-state index contributed by atoms with van der Waals surface area (Å²) in [7, 11) is -0.515. The summed E-state index contributed by atoms with van der Waals surface area (Å²) in [4.78, 5) is 37.1. The predicted molar refractivity (Wildman–Crippen MR) is 231 cm³/mol. The third-order valence-electron chi connectivity index (χ3n) is 10.6. The van der Waals surface area contributed by atoms with Gasteiger partial charge >= 0.3 is 0 Å². The molecule has 58 heavy (non-hydrogen) atoms. The molecule has 2 aliphatic rings. The summed E-state index contributed by atoms with van der Waals surface area (Å²) in [5, 5.41) is 16.2. The molecule has 0 aliphatic carbocycles. The highest BCUT2D eigenvalue weighted by atomic mass is 35.5. The van der Waals surface area contributed by atoms with E-state index in [1.807, 2.05) is 92.1 Å². The molecule has 1 saturated heterocycles. The minimum atomic E-state index is -4.44. The zero-order chi connectivity index (χ0) is 40.8. The number of carbonyl (C=O) groups excluding carboxylic acids is 1. The molecule has 1 aromatic heterocycles. The van der Waals surface area contributed by atoms with Gasteiger partial charge in [-0.15, -0.1) is 11.8 Å². The summed E-state index contributed by atoms with van der Waals surface area (Å²) in [6.45, 7) is 4.08. The lowest BCUT2D eigenvalue weighted by Gasteiger charge is -2.46. The molecule has 2 N–H and O–H groups in total. The lowest BCUT2D eigenvalue weighted by atomic mass is 9.92. The lowest BCUT2D eigenvalue weighted by Crippen LogP contribution is -2.54. The number of nitro benzene ring substituents is 1. The van der Waals surface area contributed by atoms with E-state index in [9.17, 15) is 23.3 Å². The van der Waals surface area contributed by atoms with Crippen LogP contribution in [0.2, 0.25) is 5.02 Å². The van der Waals surface area contributed by atoms with Gasteiger partial charge in [-0.3, -0.25) is 24.8 Å². The molecule has 0 saturated carbocycles. The van der Waals surface area contributed by atoms with E-state index in [0.29, 0.717) is 23.2 Å². The van der Waals surface area contributed by atoms with Gasteiger partial charge in [0.05, 0.1) is 9.82 Å². The molecule has 15 heteroatoms. The van der Waals surface area contributed by atoms with Crippen LogP contribution in [0.3, 0.4) is 0 Å². The number of sulfonamides is 1. The maximum absolute atomic E-state index is 13.5. The predicted octanol–water partition coefficient (Wildman–Crippen LogP) is 7.59. The Hall–Kier alpha value is -4.99. The number of anilines is 2. The molecular weight excluding hydrogens is 794 g/mol. The van der Waals surface area contributed by atoms with Crippen molar-refractivity contribution in [1.29, 1.82) is 0 Å². The summed E-state index contributed by atoms with van der Waals surface area (Å²) in [6.07, 6.45) is 6.06. The van der Waals surface area contributed by atoms with Crippen molar-refractivity contribution in [3.8, 4) is 11.1 Å². The Balaban J connectivity index is 1.000. The van der Waals surface area contributed by atoms with Crippen LogP contribution in [0.1, 0.15) is 34.3 Å². The quantitative estimate of drug-likeness (QED) is 0.0612. The monoisotopic (exact) mass is 839 g/mol. The molecule has 12 nitrogen and oxygen atoms in total. The molecule has 0 radical (unpaired) electrons. The number of aromatic nitrogens is 1. The number of thioether (sulfide) groups is 1. The Bertz CT molecular complexity index is 2370. The van der Waals surface area contributed by atoms with Crippen molar-refractivity contribution in [3.05, 3.63) is 141 Å². The zero-order valence-corrected chi connectivity index (χ0v) is 34.8. The van der Waals surface area contributed by atoms with Crippen LogP contribution in [-0.2, 0) is 23.0 Å². The third kappa shape index (κ3) is 9.99. The lowest BCUT2D eigenvalue weighted by molar-refractivity contribution is -0.384. The number of hydrogen-bond acceptors (Lipinski definition) is 11. The maximum Gasteiger partial charge on any atom is 0.293 e. The summed E-state index contributed by atoms with van der Waals surface area (Å²) >= 11 is 7.77. The number of pyridine rings is 1. The minimum Gasteiger partial charge on any atom is -0.376 e. The van der Waals surface area contributed by atoms with Crippen LogP contribution >= 0.6 is 23.4 Å². The van der Waals surface area contributed by atoms with Gasteiger partial charge in [-0.05, 0) is 117 Å². The number of nitrogens with zero attached hydrogens (tertiary/aromatic N) is 5. The van der Waals surface area contributed by atoms with E-state index in [4.69, 9.17) is 11.6 Å². The first-order chi connectivity index (χ1) is 27.9. The summed E-state index contributed by atoms with van der Waals surface area (Å²) in [5.41, 5.74) is 5.42. The molecule has 0 unspecified atom stereocenters. The van der Waals surface area contributed by atoms with E-state index in [0.717, 1.165) is 78.9 Å². The van der Waals surface area contributed by atoms with E-state index in [1.165, 1.54) is 17.7 Å². The van der Waals surface area contributed by atoms with Crippen molar-refractivity contribution < 1.29 is 18.1 Å². The van der Waals surface area contributed by atoms with Gasteiger partial charge < -0.3 is 15.1 Å². The van der Waals surface area contributed by atoms with E-state index in [2.05, 4.69) is 30.9 Å². The second kappa shape index (κ2) is 18.3. The van der Waals surface area contributed by atoms with Crippen molar-refractivity contribution in [2.75, 3.05) is 56.2 Å². The van der Waals surface area contributed by atoms with Gasteiger partial charge in [0.15, 0.2) is 0 Å². The average Bonchev–Trinajstić information content (AvgIpc) is 3.22. The van der Waals surface area contributed by atoms with Gasteiger partial charge in [-0.25, -0.2) is 13.1 Å². The average molecular weight is 840 g/mol. The number of piperazine rings is 1. The van der Waals surface area contributed by atoms with Crippen LogP contribution in [0.25, 0.3) is 11.1 Å². The van der Waals surface area contributed by atoms with Gasteiger partial charge in [0.1, 0.15) is 5.69 Å². The van der Waals surface area contributed by atoms with Crippen LogP contribution in [0, 0.1) is 10.1 Å². The van der Waals surface area contributed by atoms with Gasteiger partial charge in [0, 0.05) is 89.2 Å². The van der Waals surface area contributed by atoms with Crippen molar-refractivity contribution in [2.45, 2.75) is 47.7 Å². The van der Waals surface area contributed by atoms with E-state index >= 15 is 0 Å². The standard InChI is InChI=1S/C43H46ClN7O5S2/c1-48(2)21-19-35(29-57-37-6-4-3-5-7-37)46-40-16-15-38(25-42(40)51(53)54)58(55,56)47-43(52)32-11-17-41-31(24-32)10-14-36-28-49(22-23-50(36)41)27-33-18-20-45-26-39(33)30-8-12-34(44)13-9-30/h3-9,11-13,15-18,20,24-26,35-36,46H,10,14,19,21-23,27-29H2,1-2H3,(H,47,52)/t35-,36-/m1/s1. The van der Waals surface area contributed by atoms with Crippen LogP contribution in [0.5, 0.6) is 0 Å². The number of aryl methyl sites for hydroxylation is 1. The van der Waals surface area contributed by atoms with Crippen LogP contribution in [0.4, 0.5) is 17.1 Å². The Morgan fingerprint density at radius 3 is 2.59 bits per heavy atom. The molecule has 2 atom stereocenters.